The van der Waals surface area contributed by atoms with Crippen LogP contribution in [0.5, 0.6) is 0 Å². The maximum absolute atomic E-state index is 12.4. The smallest absolute Gasteiger partial charge is 0.234 e. The number of carbonyl (C=O) groups excluding carboxylic acids is 1. The summed E-state index contributed by atoms with van der Waals surface area (Å²) < 4.78 is 0. The Hall–Kier alpha value is -2.52. The Balaban J connectivity index is 1.68. The third-order valence-electron chi connectivity index (χ3n) is 5.13. The minimum atomic E-state index is -0.0920. The van der Waals surface area contributed by atoms with Gasteiger partial charge in [0.2, 0.25) is 5.91 Å². The van der Waals surface area contributed by atoms with Crippen LogP contribution < -0.4 is 10.2 Å². The molecule has 1 aromatic carbocycles. The maximum Gasteiger partial charge on any atom is 0.234 e. The van der Waals surface area contributed by atoms with Crippen molar-refractivity contribution in [1.82, 2.24) is 4.98 Å². The number of thioether (sulfide) groups is 1. The highest BCUT2D eigenvalue weighted by Gasteiger charge is 2.16. The summed E-state index contributed by atoms with van der Waals surface area (Å²) in [5.41, 5.74) is 6.75. The van der Waals surface area contributed by atoms with Crippen LogP contribution >= 0.6 is 11.8 Å². The van der Waals surface area contributed by atoms with E-state index in [4.69, 9.17) is 0 Å². The number of pyridine rings is 1. The van der Waals surface area contributed by atoms with Crippen molar-refractivity contribution in [2.24, 2.45) is 0 Å². The molecule has 3 rings (SSSR count). The third-order valence-corrected chi connectivity index (χ3v) is 6.10. The number of hydrogen-bond acceptors (Lipinski definition) is 5. The van der Waals surface area contributed by atoms with Gasteiger partial charge in [-0.3, -0.25) is 4.79 Å². The summed E-state index contributed by atoms with van der Waals surface area (Å²) in [6.07, 6.45) is 2.17. The topological polar surface area (TPSA) is 69.0 Å². The van der Waals surface area contributed by atoms with Crippen LogP contribution in [0, 0.1) is 32.1 Å². The highest BCUT2D eigenvalue weighted by atomic mass is 32.2. The number of rotatable bonds is 4. The summed E-state index contributed by atoms with van der Waals surface area (Å²) in [6.45, 7) is 6.89. The quantitative estimate of drug-likeness (QED) is 0.812. The van der Waals surface area contributed by atoms with Crippen LogP contribution in [-0.2, 0) is 11.2 Å². The molecular formula is C21H24N4OS. The Bertz CT molecular complexity index is 933. The zero-order valence-corrected chi connectivity index (χ0v) is 17.0. The molecule has 1 N–H and O–H groups in total. The molecule has 0 atom stereocenters. The van der Waals surface area contributed by atoms with Gasteiger partial charge in [0.15, 0.2) is 0 Å². The van der Waals surface area contributed by atoms with Gasteiger partial charge in [-0.05, 0) is 68.5 Å². The minimum Gasteiger partial charge on any atom is -0.374 e. The first-order valence-electron chi connectivity index (χ1n) is 9.05. The molecule has 2 heterocycles. The summed E-state index contributed by atoms with van der Waals surface area (Å²) >= 11 is 1.31. The van der Waals surface area contributed by atoms with Gasteiger partial charge in [-0.25, -0.2) is 4.98 Å². The van der Waals surface area contributed by atoms with Gasteiger partial charge in [-0.15, -0.1) is 0 Å². The van der Waals surface area contributed by atoms with E-state index >= 15 is 0 Å². The van der Waals surface area contributed by atoms with Gasteiger partial charge in [0.1, 0.15) is 11.1 Å². The molecule has 0 aliphatic carbocycles. The van der Waals surface area contributed by atoms with E-state index in [0.717, 1.165) is 41.9 Å². The molecule has 0 radical (unpaired) electrons. The Labute approximate surface area is 164 Å². The standard InChI is InChI=1S/C21H24N4OS/c1-13-14(2)18(11-22)21(23-15(13)3)27-12-20(26)24-17-7-8-19-16(10-17)6-5-9-25(19)4/h7-8,10H,5-6,9,12H2,1-4H3,(H,24,26). The van der Waals surface area contributed by atoms with Crippen LogP contribution in [0.15, 0.2) is 23.2 Å². The zero-order chi connectivity index (χ0) is 19.6. The van der Waals surface area contributed by atoms with Gasteiger partial charge < -0.3 is 10.2 Å². The van der Waals surface area contributed by atoms with Gasteiger partial charge in [0.25, 0.3) is 0 Å². The van der Waals surface area contributed by atoms with Gasteiger partial charge in [-0.2, -0.15) is 5.26 Å². The van der Waals surface area contributed by atoms with Gasteiger partial charge in [0, 0.05) is 30.7 Å². The van der Waals surface area contributed by atoms with Crippen LogP contribution in [-0.4, -0.2) is 30.2 Å². The number of aromatic nitrogens is 1. The van der Waals surface area contributed by atoms with E-state index in [9.17, 15) is 10.1 Å². The van der Waals surface area contributed by atoms with E-state index in [-0.39, 0.29) is 11.7 Å². The Morgan fingerprint density at radius 1 is 1.33 bits per heavy atom. The molecule has 6 heteroatoms. The number of fused-ring (bicyclic) bond motifs is 1. The molecule has 2 aromatic rings. The molecule has 27 heavy (non-hydrogen) atoms. The lowest BCUT2D eigenvalue weighted by Crippen LogP contribution is -2.24. The normalized spacial score (nSPS) is 13.1. The molecule has 1 aliphatic heterocycles. The summed E-state index contributed by atoms with van der Waals surface area (Å²) in [5.74, 6) is 0.131. The molecule has 5 nitrogen and oxygen atoms in total. The first-order chi connectivity index (χ1) is 12.9. The summed E-state index contributed by atoms with van der Waals surface area (Å²) in [6, 6.07) is 8.30. The van der Waals surface area contributed by atoms with Gasteiger partial charge >= 0.3 is 0 Å². The lowest BCUT2D eigenvalue weighted by molar-refractivity contribution is -0.113. The number of anilines is 2. The molecule has 140 valence electrons. The summed E-state index contributed by atoms with van der Waals surface area (Å²) in [5, 5.41) is 13.0. The molecule has 0 unspecified atom stereocenters. The third kappa shape index (κ3) is 4.09. The number of carbonyl (C=O) groups is 1. The van der Waals surface area contributed by atoms with E-state index in [1.54, 1.807) is 0 Å². The number of nitrogens with zero attached hydrogens (tertiary/aromatic N) is 3. The predicted octanol–water partition coefficient (Wildman–Crippen LogP) is 3.99. The molecule has 0 bridgehead atoms. The average molecular weight is 381 g/mol. The number of amides is 1. The summed E-state index contributed by atoms with van der Waals surface area (Å²) in [7, 11) is 2.10. The molecular weight excluding hydrogens is 356 g/mol. The maximum atomic E-state index is 12.4. The first kappa shape index (κ1) is 19.2. The number of benzene rings is 1. The Morgan fingerprint density at radius 3 is 2.85 bits per heavy atom. The van der Waals surface area contributed by atoms with Crippen molar-refractivity contribution in [3.63, 3.8) is 0 Å². The number of nitriles is 1. The molecule has 0 fully saturated rings. The minimum absolute atomic E-state index is 0.0920. The average Bonchev–Trinajstić information content (AvgIpc) is 2.64. The first-order valence-corrected chi connectivity index (χ1v) is 10.0. The fourth-order valence-electron chi connectivity index (χ4n) is 3.34. The van der Waals surface area contributed by atoms with Crippen molar-refractivity contribution in [2.75, 3.05) is 29.6 Å². The zero-order valence-electron chi connectivity index (χ0n) is 16.2. The molecule has 0 spiro atoms. The van der Waals surface area contributed by atoms with Crippen molar-refractivity contribution in [3.8, 4) is 6.07 Å². The van der Waals surface area contributed by atoms with Crippen molar-refractivity contribution in [2.45, 2.75) is 38.6 Å². The van der Waals surface area contributed by atoms with E-state index in [0.29, 0.717) is 10.6 Å². The number of nitrogens with one attached hydrogen (secondary N) is 1. The van der Waals surface area contributed by atoms with Crippen molar-refractivity contribution >= 4 is 29.0 Å². The lowest BCUT2D eigenvalue weighted by atomic mass is 10.0. The van der Waals surface area contributed by atoms with Crippen LogP contribution in [0.1, 0.15) is 34.4 Å². The Kier molecular flexibility index (Phi) is 5.71. The van der Waals surface area contributed by atoms with E-state index in [1.807, 2.05) is 26.8 Å². The lowest BCUT2D eigenvalue weighted by Gasteiger charge is -2.27. The van der Waals surface area contributed by atoms with Crippen LogP contribution in [0.2, 0.25) is 0 Å². The molecule has 1 aliphatic rings. The predicted molar refractivity (Wildman–Crippen MR) is 111 cm³/mol. The highest BCUT2D eigenvalue weighted by Crippen LogP contribution is 2.29. The molecule has 1 aromatic heterocycles. The van der Waals surface area contributed by atoms with E-state index in [1.165, 1.54) is 23.0 Å². The SMILES string of the molecule is Cc1nc(SCC(=O)Nc2ccc3c(c2)CCCN3C)c(C#N)c(C)c1C. The highest BCUT2D eigenvalue weighted by molar-refractivity contribution is 8.00. The van der Waals surface area contributed by atoms with Crippen molar-refractivity contribution in [1.29, 1.82) is 5.26 Å². The van der Waals surface area contributed by atoms with Crippen molar-refractivity contribution in [3.05, 3.63) is 46.1 Å². The second kappa shape index (κ2) is 8.01. The van der Waals surface area contributed by atoms with Gasteiger partial charge in [0.05, 0.1) is 11.3 Å². The van der Waals surface area contributed by atoms with Crippen molar-refractivity contribution < 1.29 is 4.79 Å². The number of aryl methyl sites for hydroxylation is 2. The largest absolute Gasteiger partial charge is 0.374 e. The Morgan fingerprint density at radius 2 is 2.11 bits per heavy atom. The van der Waals surface area contributed by atoms with Crippen LogP contribution in [0.3, 0.4) is 0 Å². The summed E-state index contributed by atoms with van der Waals surface area (Å²) in [4.78, 5) is 19.2. The van der Waals surface area contributed by atoms with Crippen LogP contribution in [0.4, 0.5) is 11.4 Å². The monoisotopic (exact) mass is 380 g/mol. The van der Waals surface area contributed by atoms with E-state index < -0.39 is 0 Å². The fourth-order valence-corrected chi connectivity index (χ4v) is 4.23. The van der Waals surface area contributed by atoms with Gasteiger partial charge in [-0.1, -0.05) is 11.8 Å². The van der Waals surface area contributed by atoms with E-state index in [2.05, 4.69) is 40.5 Å². The fraction of sp³-hybridized carbons (Fsp3) is 0.381. The van der Waals surface area contributed by atoms with Crippen LogP contribution in [0.25, 0.3) is 0 Å². The molecule has 0 saturated carbocycles. The second-order valence-corrected chi connectivity index (χ2v) is 7.91. The number of hydrogen-bond donors (Lipinski definition) is 1. The second-order valence-electron chi connectivity index (χ2n) is 6.94. The molecule has 1 amide bonds. The molecule has 0 saturated heterocycles.